The zero-order chi connectivity index (χ0) is 23.0. The molecule has 0 saturated heterocycles. The Balaban J connectivity index is 1.41. The molecular formula is C25H27N5O2S. The average molecular weight is 462 g/mol. The van der Waals surface area contributed by atoms with Crippen molar-refractivity contribution in [2.24, 2.45) is 0 Å². The quantitative estimate of drug-likeness (QED) is 0.352. The number of benzene rings is 2. The molecule has 0 spiro atoms. The van der Waals surface area contributed by atoms with Gasteiger partial charge in [0.25, 0.3) is 0 Å². The number of thioether (sulfide) groups is 1. The highest BCUT2D eigenvalue weighted by atomic mass is 32.2. The standard InChI is InChI=1S/C25H27N5O2S/c1-29(2)15-14-19-10-12-21(13-11-19)26-23(31)18-33-25-28-27-24(22-9-6-16-32-22)30(25)17-20-7-4-3-5-8-20/h3-13,16H,14-15,17-18H2,1-2H3,(H,26,31). The van der Waals surface area contributed by atoms with E-state index in [1.165, 1.54) is 17.3 Å². The van der Waals surface area contributed by atoms with Crippen molar-refractivity contribution < 1.29 is 9.21 Å². The van der Waals surface area contributed by atoms with Gasteiger partial charge in [0, 0.05) is 12.2 Å². The van der Waals surface area contributed by atoms with E-state index in [0.717, 1.165) is 24.2 Å². The number of hydrogen-bond acceptors (Lipinski definition) is 6. The lowest BCUT2D eigenvalue weighted by molar-refractivity contribution is -0.113. The van der Waals surface area contributed by atoms with Gasteiger partial charge in [-0.1, -0.05) is 54.2 Å². The SMILES string of the molecule is CN(C)CCc1ccc(NC(=O)CSc2nnc(-c3ccco3)n2Cc2ccccc2)cc1. The highest BCUT2D eigenvalue weighted by Crippen LogP contribution is 2.25. The van der Waals surface area contributed by atoms with Gasteiger partial charge >= 0.3 is 0 Å². The summed E-state index contributed by atoms with van der Waals surface area (Å²) in [6.07, 6.45) is 2.59. The van der Waals surface area contributed by atoms with Gasteiger partial charge in [-0.05, 0) is 55.9 Å². The molecule has 0 fully saturated rings. The van der Waals surface area contributed by atoms with Gasteiger partial charge in [0.2, 0.25) is 11.7 Å². The lowest BCUT2D eigenvalue weighted by atomic mass is 10.1. The molecule has 0 atom stereocenters. The van der Waals surface area contributed by atoms with Crippen molar-refractivity contribution in [2.75, 3.05) is 31.7 Å². The zero-order valence-corrected chi connectivity index (χ0v) is 19.6. The smallest absolute Gasteiger partial charge is 0.234 e. The molecule has 33 heavy (non-hydrogen) atoms. The number of carbonyl (C=O) groups excluding carboxylic acids is 1. The van der Waals surface area contributed by atoms with Crippen molar-refractivity contribution in [2.45, 2.75) is 18.1 Å². The highest BCUT2D eigenvalue weighted by Gasteiger charge is 2.18. The Kier molecular flexibility index (Phi) is 7.59. The van der Waals surface area contributed by atoms with E-state index in [-0.39, 0.29) is 11.7 Å². The van der Waals surface area contributed by atoms with Crippen LogP contribution in [0, 0.1) is 0 Å². The average Bonchev–Trinajstić information content (AvgIpc) is 3.48. The summed E-state index contributed by atoms with van der Waals surface area (Å²) in [5.41, 5.74) is 3.15. The van der Waals surface area contributed by atoms with Crippen LogP contribution in [0.2, 0.25) is 0 Å². The van der Waals surface area contributed by atoms with Crippen LogP contribution in [0.1, 0.15) is 11.1 Å². The lowest BCUT2D eigenvalue weighted by Gasteiger charge is -2.11. The van der Waals surface area contributed by atoms with Gasteiger partial charge in [-0.15, -0.1) is 10.2 Å². The zero-order valence-electron chi connectivity index (χ0n) is 18.8. The van der Waals surface area contributed by atoms with Gasteiger partial charge in [-0.2, -0.15) is 0 Å². The minimum atomic E-state index is -0.0881. The van der Waals surface area contributed by atoms with Crippen LogP contribution in [0.15, 0.2) is 82.6 Å². The van der Waals surface area contributed by atoms with Crippen LogP contribution in [-0.2, 0) is 17.8 Å². The molecule has 2 heterocycles. The summed E-state index contributed by atoms with van der Waals surface area (Å²) in [5, 5.41) is 12.3. The molecule has 2 aromatic carbocycles. The monoisotopic (exact) mass is 461 g/mol. The Morgan fingerprint density at radius 2 is 1.79 bits per heavy atom. The second-order valence-electron chi connectivity index (χ2n) is 7.94. The van der Waals surface area contributed by atoms with Gasteiger partial charge in [-0.3, -0.25) is 9.36 Å². The number of likely N-dealkylation sites (N-methyl/N-ethyl adjacent to an activating group) is 1. The molecule has 0 bridgehead atoms. The first kappa shape index (κ1) is 22.8. The van der Waals surface area contributed by atoms with Gasteiger partial charge < -0.3 is 14.6 Å². The molecule has 0 radical (unpaired) electrons. The van der Waals surface area contributed by atoms with E-state index in [1.807, 2.05) is 47.0 Å². The first-order chi connectivity index (χ1) is 16.1. The fourth-order valence-electron chi connectivity index (χ4n) is 3.33. The van der Waals surface area contributed by atoms with Crippen molar-refractivity contribution in [3.8, 4) is 11.6 Å². The molecule has 0 aliphatic rings. The van der Waals surface area contributed by atoms with Gasteiger partial charge in [0.1, 0.15) is 0 Å². The van der Waals surface area contributed by atoms with E-state index < -0.39 is 0 Å². The summed E-state index contributed by atoms with van der Waals surface area (Å²) in [6.45, 7) is 1.58. The topological polar surface area (TPSA) is 76.2 Å². The van der Waals surface area contributed by atoms with Crippen molar-refractivity contribution in [1.82, 2.24) is 19.7 Å². The molecule has 1 amide bonds. The van der Waals surface area contributed by atoms with Crippen molar-refractivity contribution in [3.05, 3.63) is 84.1 Å². The predicted octanol–water partition coefficient (Wildman–Crippen LogP) is 4.42. The second-order valence-corrected chi connectivity index (χ2v) is 8.88. The van der Waals surface area contributed by atoms with Crippen LogP contribution in [0.4, 0.5) is 5.69 Å². The van der Waals surface area contributed by atoms with E-state index >= 15 is 0 Å². The number of aromatic nitrogens is 3. The number of anilines is 1. The molecule has 8 heteroatoms. The maximum absolute atomic E-state index is 12.6. The summed E-state index contributed by atoms with van der Waals surface area (Å²) in [5.74, 6) is 1.42. The third-order valence-corrected chi connectivity index (χ3v) is 6.03. The number of rotatable bonds is 10. The van der Waals surface area contributed by atoms with Gasteiger partial charge in [0.05, 0.1) is 18.6 Å². The first-order valence-electron chi connectivity index (χ1n) is 10.8. The number of hydrogen-bond donors (Lipinski definition) is 1. The van der Waals surface area contributed by atoms with E-state index in [2.05, 4.69) is 58.8 Å². The molecule has 0 saturated carbocycles. The molecule has 2 aromatic heterocycles. The highest BCUT2D eigenvalue weighted by molar-refractivity contribution is 7.99. The van der Waals surface area contributed by atoms with E-state index in [0.29, 0.717) is 23.3 Å². The van der Waals surface area contributed by atoms with Crippen LogP contribution in [0.25, 0.3) is 11.6 Å². The van der Waals surface area contributed by atoms with Crippen LogP contribution in [0.3, 0.4) is 0 Å². The molecule has 170 valence electrons. The molecule has 1 N–H and O–H groups in total. The van der Waals surface area contributed by atoms with Gasteiger partial charge in [0.15, 0.2) is 10.9 Å². The first-order valence-corrected chi connectivity index (χ1v) is 11.7. The number of nitrogens with one attached hydrogen (secondary N) is 1. The summed E-state index contributed by atoms with van der Waals surface area (Å²) < 4.78 is 7.52. The van der Waals surface area contributed by atoms with Crippen molar-refractivity contribution in [1.29, 1.82) is 0 Å². The maximum atomic E-state index is 12.6. The number of amides is 1. The molecule has 4 rings (SSSR count). The summed E-state index contributed by atoms with van der Waals surface area (Å²) in [6, 6.07) is 21.8. The maximum Gasteiger partial charge on any atom is 0.234 e. The third kappa shape index (κ3) is 6.34. The minimum Gasteiger partial charge on any atom is -0.461 e. The fraction of sp³-hybridized carbons (Fsp3) is 0.240. The summed E-state index contributed by atoms with van der Waals surface area (Å²) in [4.78, 5) is 14.7. The molecule has 0 aliphatic carbocycles. The molecule has 0 unspecified atom stereocenters. The molecule has 7 nitrogen and oxygen atoms in total. The van der Waals surface area contributed by atoms with E-state index in [1.54, 1.807) is 6.26 Å². The summed E-state index contributed by atoms with van der Waals surface area (Å²) in [7, 11) is 4.12. The molecular weight excluding hydrogens is 434 g/mol. The van der Waals surface area contributed by atoms with Crippen LogP contribution in [0.5, 0.6) is 0 Å². The Bertz CT molecular complexity index is 1160. The van der Waals surface area contributed by atoms with Gasteiger partial charge in [-0.25, -0.2) is 0 Å². The lowest BCUT2D eigenvalue weighted by Crippen LogP contribution is -2.16. The molecule has 4 aromatic rings. The Labute approximate surface area is 197 Å². The molecule has 0 aliphatic heterocycles. The predicted molar refractivity (Wildman–Crippen MR) is 131 cm³/mol. The number of nitrogens with zero attached hydrogens (tertiary/aromatic N) is 4. The third-order valence-electron chi connectivity index (χ3n) is 5.06. The Hall–Kier alpha value is -3.36. The van der Waals surface area contributed by atoms with E-state index in [4.69, 9.17) is 4.42 Å². The van der Waals surface area contributed by atoms with Crippen LogP contribution in [-0.4, -0.2) is 52.0 Å². The Morgan fingerprint density at radius 1 is 1.00 bits per heavy atom. The van der Waals surface area contributed by atoms with Crippen molar-refractivity contribution in [3.63, 3.8) is 0 Å². The summed E-state index contributed by atoms with van der Waals surface area (Å²) >= 11 is 1.36. The van der Waals surface area contributed by atoms with Crippen LogP contribution < -0.4 is 5.32 Å². The van der Waals surface area contributed by atoms with Crippen molar-refractivity contribution >= 4 is 23.4 Å². The number of furan rings is 1. The second kappa shape index (κ2) is 11.0. The number of carbonyl (C=O) groups is 1. The Morgan fingerprint density at radius 3 is 2.48 bits per heavy atom. The minimum absolute atomic E-state index is 0.0881. The largest absolute Gasteiger partial charge is 0.461 e. The van der Waals surface area contributed by atoms with E-state index in [9.17, 15) is 4.79 Å². The normalized spacial score (nSPS) is 11.1. The van der Waals surface area contributed by atoms with Crippen LogP contribution >= 0.6 is 11.8 Å². The fourth-order valence-corrected chi connectivity index (χ4v) is 4.06.